The number of aromatic nitrogens is 1. The molecule has 5 heteroatoms. The van der Waals surface area contributed by atoms with Crippen LogP contribution in [0.3, 0.4) is 0 Å². The molecular formula is C22H21N3O2. The van der Waals surface area contributed by atoms with E-state index in [9.17, 15) is 4.79 Å². The lowest BCUT2D eigenvalue weighted by Crippen LogP contribution is -2.23. The van der Waals surface area contributed by atoms with E-state index in [4.69, 9.17) is 4.42 Å². The van der Waals surface area contributed by atoms with Gasteiger partial charge in [0.05, 0.1) is 5.57 Å². The number of aliphatic imine (C=N–C) groups is 1. The Kier molecular flexibility index (Phi) is 5.61. The Morgan fingerprint density at radius 1 is 1.26 bits per heavy atom. The summed E-state index contributed by atoms with van der Waals surface area (Å²) in [6, 6.07) is 13.7. The third kappa shape index (κ3) is 4.39. The van der Waals surface area contributed by atoms with E-state index in [1.165, 1.54) is 12.3 Å². The van der Waals surface area contributed by atoms with Crippen LogP contribution in [-0.2, 0) is 11.3 Å². The van der Waals surface area contributed by atoms with Crippen molar-refractivity contribution in [3.63, 3.8) is 0 Å². The summed E-state index contributed by atoms with van der Waals surface area (Å²) in [4.78, 5) is 20.6. The first-order valence-corrected chi connectivity index (χ1v) is 8.66. The van der Waals surface area contributed by atoms with E-state index < -0.39 is 0 Å². The molecule has 5 nitrogen and oxygen atoms in total. The van der Waals surface area contributed by atoms with Crippen molar-refractivity contribution in [1.82, 2.24) is 10.3 Å². The molecule has 0 radical (unpaired) electrons. The molecule has 0 aliphatic heterocycles. The predicted molar refractivity (Wildman–Crippen MR) is 108 cm³/mol. The van der Waals surface area contributed by atoms with Gasteiger partial charge in [0.15, 0.2) is 5.58 Å². The Balaban J connectivity index is 1.69. The summed E-state index contributed by atoms with van der Waals surface area (Å²) in [5.74, 6) is 0.370. The highest BCUT2D eigenvalue weighted by molar-refractivity contribution is 5.96. The van der Waals surface area contributed by atoms with E-state index in [2.05, 4.69) is 21.9 Å². The third-order valence-corrected chi connectivity index (χ3v) is 4.04. The van der Waals surface area contributed by atoms with Crippen LogP contribution in [0.4, 0.5) is 0 Å². The van der Waals surface area contributed by atoms with Crippen molar-refractivity contribution in [2.45, 2.75) is 20.4 Å². The summed E-state index contributed by atoms with van der Waals surface area (Å²) in [6.07, 6.45) is 4.59. The zero-order valence-electron chi connectivity index (χ0n) is 15.4. The SMILES string of the molecule is C=C/C(=C\N=CC)C(=O)NCc1ccc(-c2nc3cc(C)ccc3o2)cc1. The molecule has 0 fully saturated rings. The van der Waals surface area contributed by atoms with Crippen LogP contribution in [0.2, 0.25) is 0 Å². The maximum atomic E-state index is 12.1. The van der Waals surface area contributed by atoms with Gasteiger partial charge >= 0.3 is 0 Å². The minimum Gasteiger partial charge on any atom is -0.436 e. The fourth-order valence-electron chi connectivity index (χ4n) is 2.57. The molecule has 0 bridgehead atoms. The van der Waals surface area contributed by atoms with E-state index in [1.807, 2.05) is 49.4 Å². The second-order valence-corrected chi connectivity index (χ2v) is 6.07. The molecule has 0 aliphatic carbocycles. The smallest absolute Gasteiger partial charge is 0.253 e. The average molecular weight is 359 g/mol. The molecule has 2 aromatic carbocycles. The van der Waals surface area contributed by atoms with E-state index in [1.54, 1.807) is 13.1 Å². The summed E-state index contributed by atoms with van der Waals surface area (Å²) in [7, 11) is 0. The van der Waals surface area contributed by atoms with Crippen LogP contribution in [-0.4, -0.2) is 17.1 Å². The molecule has 1 aromatic heterocycles. The lowest BCUT2D eigenvalue weighted by molar-refractivity contribution is -0.117. The molecule has 136 valence electrons. The molecule has 3 rings (SSSR count). The molecular weight excluding hydrogens is 338 g/mol. The van der Waals surface area contributed by atoms with Gasteiger partial charge in [-0.25, -0.2) is 4.98 Å². The second-order valence-electron chi connectivity index (χ2n) is 6.07. The second kappa shape index (κ2) is 8.27. The molecule has 0 unspecified atom stereocenters. The third-order valence-electron chi connectivity index (χ3n) is 4.04. The molecule has 3 aromatic rings. The molecule has 27 heavy (non-hydrogen) atoms. The monoisotopic (exact) mass is 359 g/mol. The Hall–Kier alpha value is -3.47. The first-order chi connectivity index (χ1) is 13.1. The zero-order chi connectivity index (χ0) is 19.2. The molecule has 0 saturated carbocycles. The normalized spacial score (nSPS) is 11.9. The fraction of sp³-hybridized carbons (Fsp3) is 0.136. The van der Waals surface area contributed by atoms with Crippen molar-refractivity contribution in [3.8, 4) is 11.5 Å². The zero-order valence-corrected chi connectivity index (χ0v) is 15.4. The number of rotatable bonds is 6. The van der Waals surface area contributed by atoms with Gasteiger partial charge in [-0.05, 0) is 49.2 Å². The summed E-state index contributed by atoms with van der Waals surface area (Å²) < 4.78 is 5.82. The number of aryl methyl sites for hydroxylation is 1. The summed E-state index contributed by atoms with van der Waals surface area (Å²) in [6.45, 7) is 7.86. The van der Waals surface area contributed by atoms with E-state index in [0.717, 1.165) is 27.8 Å². The van der Waals surface area contributed by atoms with Crippen LogP contribution in [0.1, 0.15) is 18.1 Å². The number of amides is 1. The Labute approximate surface area is 158 Å². The van der Waals surface area contributed by atoms with E-state index in [-0.39, 0.29) is 5.91 Å². The number of carbonyl (C=O) groups is 1. The summed E-state index contributed by atoms with van der Waals surface area (Å²) >= 11 is 0. The number of benzene rings is 2. The van der Waals surface area contributed by atoms with E-state index >= 15 is 0 Å². The van der Waals surface area contributed by atoms with Crippen LogP contribution in [0.25, 0.3) is 22.6 Å². The first-order valence-electron chi connectivity index (χ1n) is 8.66. The van der Waals surface area contributed by atoms with E-state index in [0.29, 0.717) is 18.0 Å². The lowest BCUT2D eigenvalue weighted by atomic mass is 10.1. The van der Waals surface area contributed by atoms with Gasteiger partial charge in [0.2, 0.25) is 5.89 Å². The van der Waals surface area contributed by atoms with Gasteiger partial charge in [-0.15, -0.1) is 0 Å². The molecule has 0 spiro atoms. The lowest BCUT2D eigenvalue weighted by Gasteiger charge is -2.06. The van der Waals surface area contributed by atoms with Crippen LogP contribution in [0.15, 0.2) is 76.3 Å². The minimum absolute atomic E-state index is 0.214. The number of nitrogens with one attached hydrogen (secondary N) is 1. The molecule has 1 N–H and O–H groups in total. The number of fused-ring (bicyclic) bond motifs is 1. The van der Waals surface area contributed by atoms with Crippen molar-refractivity contribution in [2.24, 2.45) is 4.99 Å². The van der Waals surface area contributed by atoms with Crippen LogP contribution >= 0.6 is 0 Å². The maximum Gasteiger partial charge on any atom is 0.253 e. The van der Waals surface area contributed by atoms with Crippen molar-refractivity contribution in [2.75, 3.05) is 0 Å². The molecule has 1 amide bonds. The number of nitrogens with zero attached hydrogens (tertiary/aromatic N) is 2. The fourth-order valence-corrected chi connectivity index (χ4v) is 2.57. The van der Waals surface area contributed by atoms with Gasteiger partial charge in [0.1, 0.15) is 5.52 Å². The van der Waals surface area contributed by atoms with Crippen molar-refractivity contribution in [1.29, 1.82) is 0 Å². The van der Waals surface area contributed by atoms with Crippen molar-refractivity contribution >= 4 is 23.2 Å². The summed E-state index contributed by atoms with van der Waals surface area (Å²) in [5.41, 5.74) is 5.05. The number of hydrogen-bond donors (Lipinski definition) is 1. The number of carbonyl (C=O) groups excluding carboxylic acids is 1. The molecule has 0 atom stereocenters. The average Bonchev–Trinajstić information content (AvgIpc) is 3.10. The quantitative estimate of drug-likeness (QED) is 0.398. The minimum atomic E-state index is -0.214. The van der Waals surface area contributed by atoms with Crippen molar-refractivity contribution < 1.29 is 9.21 Å². The Bertz CT molecular complexity index is 1030. The summed E-state index contributed by atoms with van der Waals surface area (Å²) in [5, 5.41) is 2.85. The van der Waals surface area contributed by atoms with Gasteiger partial charge < -0.3 is 9.73 Å². The highest BCUT2D eigenvalue weighted by atomic mass is 16.3. The van der Waals surface area contributed by atoms with Gasteiger partial charge in [-0.2, -0.15) is 0 Å². The standard InChI is InChI=1S/C22H21N3O2/c1-4-17(14-23-5-2)21(26)24-13-16-7-9-18(10-8-16)22-25-19-12-15(3)6-11-20(19)27-22/h4-12,14H,1,13H2,2-3H3,(H,24,26)/b17-14+,23-5?. The molecule has 0 saturated heterocycles. The highest BCUT2D eigenvalue weighted by Crippen LogP contribution is 2.25. The largest absolute Gasteiger partial charge is 0.436 e. The highest BCUT2D eigenvalue weighted by Gasteiger charge is 2.09. The number of hydrogen-bond acceptors (Lipinski definition) is 4. The van der Waals surface area contributed by atoms with Gasteiger partial charge in [0.25, 0.3) is 5.91 Å². The maximum absolute atomic E-state index is 12.1. The van der Waals surface area contributed by atoms with Crippen molar-refractivity contribution in [3.05, 3.63) is 78.0 Å². The van der Waals surface area contributed by atoms with Crippen LogP contribution < -0.4 is 5.32 Å². The molecule has 1 heterocycles. The van der Waals surface area contributed by atoms with Gasteiger partial charge in [0, 0.05) is 24.5 Å². The van der Waals surface area contributed by atoms with Crippen LogP contribution in [0.5, 0.6) is 0 Å². The Morgan fingerprint density at radius 3 is 2.74 bits per heavy atom. The number of oxazole rings is 1. The first kappa shape index (κ1) is 18.3. The molecule has 0 aliphatic rings. The topological polar surface area (TPSA) is 67.5 Å². The van der Waals surface area contributed by atoms with Crippen LogP contribution in [0, 0.1) is 6.92 Å². The van der Waals surface area contributed by atoms with Gasteiger partial charge in [-0.1, -0.05) is 30.9 Å². The predicted octanol–water partition coefficient (Wildman–Crippen LogP) is 4.58. The van der Waals surface area contributed by atoms with Gasteiger partial charge in [-0.3, -0.25) is 9.79 Å². The Morgan fingerprint density at radius 2 is 2.04 bits per heavy atom.